The summed E-state index contributed by atoms with van der Waals surface area (Å²) in [6.45, 7) is -0.156. The van der Waals surface area contributed by atoms with Gasteiger partial charge >= 0.3 is 0 Å². The highest BCUT2D eigenvalue weighted by molar-refractivity contribution is 9.10. The third-order valence-corrected chi connectivity index (χ3v) is 3.39. The molecule has 0 aliphatic heterocycles. The number of hydrogen-bond donors (Lipinski definition) is 1. The molecule has 0 spiro atoms. The zero-order chi connectivity index (χ0) is 11.0. The van der Waals surface area contributed by atoms with Crippen molar-refractivity contribution in [3.63, 3.8) is 0 Å². The average molecular weight is 268 g/mol. The van der Waals surface area contributed by atoms with Crippen molar-refractivity contribution >= 4 is 26.7 Å². The van der Waals surface area contributed by atoms with Gasteiger partial charge in [-0.2, -0.15) is 0 Å². The van der Waals surface area contributed by atoms with Crippen molar-refractivity contribution in [1.82, 2.24) is 4.57 Å². The smallest absolute Gasteiger partial charge is 0.258 e. The van der Waals surface area contributed by atoms with Gasteiger partial charge in [-0.1, -0.05) is 18.2 Å². The molecule has 0 amide bonds. The summed E-state index contributed by atoms with van der Waals surface area (Å²) in [4.78, 5) is 11.9. The Morgan fingerprint density at radius 2 is 1.93 bits per heavy atom. The Hall–Kier alpha value is -1.13. The van der Waals surface area contributed by atoms with Crippen LogP contribution in [0.5, 0.6) is 0 Å². The van der Waals surface area contributed by atoms with Gasteiger partial charge in [0.1, 0.15) is 0 Å². The maximum absolute atomic E-state index is 11.9. The van der Waals surface area contributed by atoms with Gasteiger partial charge in [-0.3, -0.25) is 4.79 Å². The minimum atomic E-state index is -0.156. The third-order valence-electron chi connectivity index (χ3n) is 2.51. The summed E-state index contributed by atoms with van der Waals surface area (Å²) in [6, 6.07) is 7.34. The first-order valence-corrected chi connectivity index (χ1v) is 5.33. The molecule has 1 aromatic carbocycles. The van der Waals surface area contributed by atoms with Crippen LogP contribution < -0.4 is 5.56 Å². The fourth-order valence-corrected chi connectivity index (χ4v) is 2.38. The SMILES string of the molecule is Cn1c(CO)c(Br)c2ccccc2c1=O. The van der Waals surface area contributed by atoms with Crippen molar-refractivity contribution < 1.29 is 5.11 Å². The molecule has 0 saturated carbocycles. The van der Waals surface area contributed by atoms with Crippen molar-refractivity contribution in [1.29, 1.82) is 0 Å². The number of nitrogens with zero attached hydrogens (tertiary/aromatic N) is 1. The van der Waals surface area contributed by atoms with Crippen LogP contribution in [0, 0.1) is 0 Å². The maximum atomic E-state index is 11.9. The number of benzene rings is 1. The molecule has 78 valence electrons. The van der Waals surface area contributed by atoms with Crippen molar-refractivity contribution in [2.24, 2.45) is 7.05 Å². The van der Waals surface area contributed by atoms with Crippen LogP contribution in [-0.2, 0) is 13.7 Å². The van der Waals surface area contributed by atoms with Gasteiger partial charge in [-0.25, -0.2) is 0 Å². The van der Waals surface area contributed by atoms with Crippen molar-refractivity contribution in [2.45, 2.75) is 6.61 Å². The Bertz CT molecular complexity index is 575. The molecule has 2 aromatic rings. The van der Waals surface area contributed by atoms with E-state index in [1.54, 1.807) is 13.1 Å². The zero-order valence-electron chi connectivity index (χ0n) is 8.20. The second-order valence-electron chi connectivity index (χ2n) is 3.33. The van der Waals surface area contributed by atoms with Gasteiger partial charge in [0.25, 0.3) is 5.56 Å². The van der Waals surface area contributed by atoms with Crippen LogP contribution in [0.2, 0.25) is 0 Å². The quantitative estimate of drug-likeness (QED) is 0.856. The summed E-state index contributed by atoms with van der Waals surface area (Å²) >= 11 is 3.41. The maximum Gasteiger partial charge on any atom is 0.258 e. The minimum absolute atomic E-state index is 0.0853. The van der Waals surface area contributed by atoms with Gasteiger partial charge < -0.3 is 9.67 Å². The topological polar surface area (TPSA) is 42.2 Å². The van der Waals surface area contributed by atoms with Gasteiger partial charge in [-0.05, 0) is 22.0 Å². The molecule has 3 nitrogen and oxygen atoms in total. The van der Waals surface area contributed by atoms with Crippen LogP contribution in [0.1, 0.15) is 5.69 Å². The molecule has 0 aliphatic rings. The summed E-state index contributed by atoms with van der Waals surface area (Å²) < 4.78 is 2.24. The molecule has 2 rings (SSSR count). The van der Waals surface area contributed by atoms with E-state index in [9.17, 15) is 9.90 Å². The van der Waals surface area contributed by atoms with Crippen LogP contribution in [0.4, 0.5) is 0 Å². The molecule has 0 aliphatic carbocycles. The van der Waals surface area contributed by atoms with E-state index in [2.05, 4.69) is 15.9 Å². The Morgan fingerprint density at radius 1 is 1.33 bits per heavy atom. The molecule has 0 bridgehead atoms. The molecule has 0 saturated heterocycles. The van der Waals surface area contributed by atoms with Crippen LogP contribution in [-0.4, -0.2) is 9.67 Å². The van der Waals surface area contributed by atoms with Crippen LogP contribution in [0.15, 0.2) is 33.5 Å². The first-order valence-electron chi connectivity index (χ1n) is 4.53. The van der Waals surface area contributed by atoms with E-state index in [1.165, 1.54) is 4.57 Å². The summed E-state index contributed by atoms with van der Waals surface area (Å²) in [5, 5.41) is 10.7. The highest BCUT2D eigenvalue weighted by atomic mass is 79.9. The summed E-state index contributed by atoms with van der Waals surface area (Å²) in [5.41, 5.74) is 0.511. The number of pyridine rings is 1. The predicted octanol–water partition coefficient (Wildman–Crippen LogP) is 1.79. The molecule has 0 radical (unpaired) electrons. The van der Waals surface area contributed by atoms with E-state index in [0.29, 0.717) is 11.1 Å². The highest BCUT2D eigenvalue weighted by Gasteiger charge is 2.10. The minimum Gasteiger partial charge on any atom is -0.390 e. The second kappa shape index (κ2) is 3.79. The van der Waals surface area contributed by atoms with Gasteiger partial charge in [-0.15, -0.1) is 0 Å². The number of aliphatic hydroxyl groups excluding tert-OH is 1. The number of fused-ring (bicyclic) bond motifs is 1. The molecular weight excluding hydrogens is 258 g/mol. The second-order valence-corrected chi connectivity index (χ2v) is 4.12. The molecule has 1 N–H and O–H groups in total. The van der Waals surface area contributed by atoms with Gasteiger partial charge in [0.2, 0.25) is 0 Å². The molecule has 0 unspecified atom stereocenters. The number of hydrogen-bond acceptors (Lipinski definition) is 2. The highest BCUT2D eigenvalue weighted by Crippen LogP contribution is 2.24. The molecule has 1 aromatic heterocycles. The molecule has 0 fully saturated rings. The molecular formula is C11H10BrNO2. The summed E-state index contributed by atoms with van der Waals surface area (Å²) in [7, 11) is 1.66. The lowest BCUT2D eigenvalue weighted by atomic mass is 10.1. The summed E-state index contributed by atoms with van der Waals surface area (Å²) in [5.74, 6) is 0. The van der Waals surface area contributed by atoms with E-state index >= 15 is 0 Å². The monoisotopic (exact) mass is 267 g/mol. The first kappa shape index (κ1) is 10.4. The Labute approximate surface area is 95.1 Å². The molecule has 4 heteroatoms. The van der Waals surface area contributed by atoms with Crippen LogP contribution in [0.3, 0.4) is 0 Å². The van der Waals surface area contributed by atoms with Crippen molar-refractivity contribution in [3.8, 4) is 0 Å². The molecule has 1 heterocycles. The lowest BCUT2D eigenvalue weighted by Gasteiger charge is -2.10. The summed E-state index contributed by atoms with van der Waals surface area (Å²) in [6.07, 6.45) is 0. The molecule has 0 atom stereocenters. The van der Waals surface area contributed by atoms with Gasteiger partial charge in [0.05, 0.1) is 12.3 Å². The fourth-order valence-electron chi connectivity index (χ4n) is 1.64. The average Bonchev–Trinajstić information content (AvgIpc) is 2.27. The van der Waals surface area contributed by atoms with Crippen LogP contribution in [0.25, 0.3) is 10.8 Å². The Kier molecular flexibility index (Phi) is 2.63. The van der Waals surface area contributed by atoms with E-state index in [0.717, 1.165) is 9.86 Å². The standard InChI is InChI=1S/C11H10BrNO2/c1-13-9(6-14)10(12)7-4-2-3-5-8(7)11(13)15/h2-5,14H,6H2,1H3. The largest absolute Gasteiger partial charge is 0.390 e. The molecule has 15 heavy (non-hydrogen) atoms. The van der Waals surface area contributed by atoms with Crippen molar-refractivity contribution in [2.75, 3.05) is 0 Å². The van der Waals surface area contributed by atoms with Crippen LogP contribution >= 0.6 is 15.9 Å². The predicted molar refractivity (Wildman–Crippen MR) is 62.8 cm³/mol. The number of rotatable bonds is 1. The number of halogens is 1. The van der Waals surface area contributed by atoms with Gasteiger partial charge in [0.15, 0.2) is 0 Å². The third kappa shape index (κ3) is 1.50. The lowest BCUT2D eigenvalue weighted by molar-refractivity contribution is 0.270. The van der Waals surface area contributed by atoms with E-state index in [1.807, 2.05) is 18.2 Å². The van der Waals surface area contributed by atoms with Crippen molar-refractivity contribution in [3.05, 3.63) is 44.8 Å². The Morgan fingerprint density at radius 3 is 2.53 bits per heavy atom. The van der Waals surface area contributed by atoms with E-state index in [-0.39, 0.29) is 12.2 Å². The first-order chi connectivity index (χ1) is 7.16. The zero-order valence-corrected chi connectivity index (χ0v) is 9.78. The van der Waals surface area contributed by atoms with Gasteiger partial charge in [0, 0.05) is 22.3 Å². The lowest BCUT2D eigenvalue weighted by Crippen LogP contribution is -2.21. The normalized spacial score (nSPS) is 10.9. The Balaban J connectivity index is 3.03. The number of aromatic nitrogens is 1. The van der Waals surface area contributed by atoms with E-state index in [4.69, 9.17) is 0 Å². The van der Waals surface area contributed by atoms with E-state index < -0.39 is 0 Å². The number of aliphatic hydroxyl groups is 1. The fraction of sp³-hybridized carbons (Fsp3) is 0.182.